The lowest BCUT2D eigenvalue weighted by Crippen LogP contribution is -2.49. The zero-order valence-electron chi connectivity index (χ0n) is 14.6. The number of furan rings is 1. The summed E-state index contributed by atoms with van der Waals surface area (Å²) in [6.07, 6.45) is 1.52. The van der Waals surface area contributed by atoms with E-state index in [-0.39, 0.29) is 5.91 Å². The highest BCUT2D eigenvalue weighted by atomic mass is 16.5. The summed E-state index contributed by atoms with van der Waals surface area (Å²) >= 11 is 0. The molecular formula is C17H23N5O3. The van der Waals surface area contributed by atoms with E-state index in [4.69, 9.17) is 9.15 Å². The van der Waals surface area contributed by atoms with Crippen LogP contribution in [0.1, 0.15) is 16.2 Å². The minimum atomic E-state index is -0.0725. The lowest BCUT2D eigenvalue weighted by atomic mass is 10.3. The van der Waals surface area contributed by atoms with E-state index in [0.717, 1.165) is 11.5 Å². The van der Waals surface area contributed by atoms with Gasteiger partial charge in [-0.25, -0.2) is 4.98 Å². The Kier molecular flexibility index (Phi) is 5.49. The second kappa shape index (κ2) is 7.98. The number of methoxy groups -OCH3 is 1. The van der Waals surface area contributed by atoms with Crippen LogP contribution in [0.2, 0.25) is 0 Å². The Morgan fingerprint density at radius 3 is 2.80 bits per heavy atom. The molecule has 134 valence electrons. The van der Waals surface area contributed by atoms with Crippen LogP contribution in [0.4, 0.5) is 11.8 Å². The van der Waals surface area contributed by atoms with Crippen LogP contribution in [-0.2, 0) is 4.74 Å². The van der Waals surface area contributed by atoms with Gasteiger partial charge < -0.3 is 24.3 Å². The number of hydrogen-bond acceptors (Lipinski definition) is 7. The minimum absolute atomic E-state index is 0.0725. The largest absolute Gasteiger partial charge is 0.459 e. The van der Waals surface area contributed by atoms with Crippen molar-refractivity contribution >= 4 is 17.7 Å². The zero-order valence-corrected chi connectivity index (χ0v) is 14.6. The van der Waals surface area contributed by atoms with Gasteiger partial charge in [-0.1, -0.05) is 0 Å². The number of anilines is 2. The molecule has 1 saturated heterocycles. The molecule has 0 unspecified atom stereocenters. The molecule has 2 aromatic heterocycles. The van der Waals surface area contributed by atoms with Crippen LogP contribution < -0.4 is 10.2 Å². The van der Waals surface area contributed by atoms with Crippen LogP contribution in [0.3, 0.4) is 0 Å². The van der Waals surface area contributed by atoms with E-state index in [0.29, 0.717) is 51.0 Å². The van der Waals surface area contributed by atoms with Crippen LogP contribution in [-0.4, -0.2) is 67.2 Å². The fraction of sp³-hybridized carbons (Fsp3) is 0.471. The normalized spacial score (nSPS) is 14.6. The zero-order chi connectivity index (χ0) is 17.6. The summed E-state index contributed by atoms with van der Waals surface area (Å²) in [4.78, 5) is 25.3. The van der Waals surface area contributed by atoms with Crippen molar-refractivity contribution in [1.82, 2.24) is 14.9 Å². The molecule has 1 aliphatic rings. The van der Waals surface area contributed by atoms with E-state index < -0.39 is 0 Å². The van der Waals surface area contributed by atoms with Gasteiger partial charge in [-0.05, 0) is 19.1 Å². The Morgan fingerprint density at radius 1 is 1.32 bits per heavy atom. The average molecular weight is 345 g/mol. The first-order valence-electron chi connectivity index (χ1n) is 8.33. The van der Waals surface area contributed by atoms with Gasteiger partial charge in [0.2, 0.25) is 5.95 Å². The second-order valence-corrected chi connectivity index (χ2v) is 5.87. The fourth-order valence-corrected chi connectivity index (χ4v) is 2.73. The molecule has 1 fully saturated rings. The van der Waals surface area contributed by atoms with E-state index in [1.54, 1.807) is 24.1 Å². The molecule has 8 nitrogen and oxygen atoms in total. The molecule has 0 atom stereocenters. The first-order chi connectivity index (χ1) is 12.2. The Morgan fingerprint density at radius 2 is 2.12 bits per heavy atom. The van der Waals surface area contributed by atoms with Gasteiger partial charge in [-0.2, -0.15) is 4.98 Å². The number of ether oxygens (including phenoxy) is 1. The summed E-state index contributed by atoms with van der Waals surface area (Å²) < 4.78 is 10.2. The molecule has 0 saturated carbocycles. The molecule has 25 heavy (non-hydrogen) atoms. The van der Waals surface area contributed by atoms with E-state index in [9.17, 15) is 4.79 Å². The smallest absolute Gasteiger partial charge is 0.289 e. The molecule has 0 aromatic carbocycles. The summed E-state index contributed by atoms with van der Waals surface area (Å²) in [6, 6.07) is 5.33. The number of aromatic nitrogens is 2. The summed E-state index contributed by atoms with van der Waals surface area (Å²) in [5.74, 6) is 1.78. The first kappa shape index (κ1) is 17.2. The monoisotopic (exact) mass is 345 g/mol. The van der Waals surface area contributed by atoms with Gasteiger partial charge in [0, 0.05) is 51.6 Å². The number of piperazine rings is 1. The van der Waals surface area contributed by atoms with Crippen molar-refractivity contribution < 1.29 is 13.9 Å². The molecule has 1 N–H and O–H groups in total. The molecule has 1 aliphatic heterocycles. The second-order valence-electron chi connectivity index (χ2n) is 5.87. The van der Waals surface area contributed by atoms with Crippen molar-refractivity contribution in [1.29, 1.82) is 0 Å². The van der Waals surface area contributed by atoms with Crippen molar-refractivity contribution in [3.05, 3.63) is 35.9 Å². The van der Waals surface area contributed by atoms with E-state index in [1.165, 1.54) is 6.26 Å². The average Bonchev–Trinajstić information content (AvgIpc) is 3.16. The SMILES string of the molecule is COCCNc1cc(C)nc(N2CCN(C(=O)c3ccco3)CC2)n1. The highest BCUT2D eigenvalue weighted by molar-refractivity contribution is 5.91. The third-order valence-corrected chi connectivity index (χ3v) is 4.04. The summed E-state index contributed by atoms with van der Waals surface area (Å²) in [5.41, 5.74) is 0.902. The highest BCUT2D eigenvalue weighted by Gasteiger charge is 2.25. The maximum atomic E-state index is 12.3. The van der Waals surface area contributed by atoms with Crippen molar-refractivity contribution in [2.24, 2.45) is 0 Å². The molecular weight excluding hydrogens is 322 g/mol. The molecule has 0 aliphatic carbocycles. The van der Waals surface area contributed by atoms with Gasteiger partial charge in [0.15, 0.2) is 5.76 Å². The third kappa shape index (κ3) is 4.27. The molecule has 0 radical (unpaired) electrons. The van der Waals surface area contributed by atoms with E-state index >= 15 is 0 Å². The number of amides is 1. The topological polar surface area (TPSA) is 83.7 Å². The molecule has 0 spiro atoms. The van der Waals surface area contributed by atoms with Crippen molar-refractivity contribution in [3.8, 4) is 0 Å². The van der Waals surface area contributed by atoms with Gasteiger partial charge in [0.25, 0.3) is 5.91 Å². The molecule has 3 heterocycles. The first-order valence-corrected chi connectivity index (χ1v) is 8.33. The number of aryl methyl sites for hydroxylation is 1. The van der Waals surface area contributed by atoms with Gasteiger partial charge in [0.1, 0.15) is 5.82 Å². The van der Waals surface area contributed by atoms with Gasteiger partial charge >= 0.3 is 0 Å². The number of carbonyl (C=O) groups is 1. The Labute approximate surface area is 146 Å². The van der Waals surface area contributed by atoms with Crippen LogP contribution in [0.5, 0.6) is 0 Å². The van der Waals surface area contributed by atoms with Gasteiger partial charge in [0.05, 0.1) is 12.9 Å². The van der Waals surface area contributed by atoms with Crippen LogP contribution in [0.25, 0.3) is 0 Å². The number of rotatable bonds is 6. The minimum Gasteiger partial charge on any atom is -0.459 e. The fourth-order valence-electron chi connectivity index (χ4n) is 2.73. The van der Waals surface area contributed by atoms with Crippen LogP contribution in [0, 0.1) is 6.92 Å². The standard InChI is InChI=1S/C17H23N5O3/c1-13-12-15(18-5-11-24-2)20-17(19-13)22-8-6-21(7-9-22)16(23)14-4-3-10-25-14/h3-4,10,12H,5-9,11H2,1-2H3,(H,18,19,20). The molecule has 8 heteroatoms. The molecule has 2 aromatic rings. The van der Waals surface area contributed by atoms with Gasteiger partial charge in [-0.15, -0.1) is 0 Å². The van der Waals surface area contributed by atoms with Crippen molar-refractivity contribution in [2.45, 2.75) is 6.92 Å². The Bertz CT molecular complexity index is 696. The third-order valence-electron chi connectivity index (χ3n) is 4.04. The summed E-state index contributed by atoms with van der Waals surface area (Å²) in [7, 11) is 1.67. The van der Waals surface area contributed by atoms with Crippen LogP contribution in [0.15, 0.2) is 28.9 Å². The predicted octanol–water partition coefficient (Wildman–Crippen LogP) is 1.40. The van der Waals surface area contributed by atoms with Crippen LogP contribution >= 0.6 is 0 Å². The van der Waals surface area contributed by atoms with Crippen molar-refractivity contribution in [3.63, 3.8) is 0 Å². The number of nitrogens with one attached hydrogen (secondary N) is 1. The number of carbonyl (C=O) groups excluding carboxylic acids is 1. The number of hydrogen-bond donors (Lipinski definition) is 1. The lowest BCUT2D eigenvalue weighted by Gasteiger charge is -2.34. The van der Waals surface area contributed by atoms with E-state index in [2.05, 4.69) is 20.2 Å². The molecule has 3 rings (SSSR count). The lowest BCUT2D eigenvalue weighted by molar-refractivity contribution is 0.0714. The quantitative estimate of drug-likeness (QED) is 0.792. The number of nitrogens with zero attached hydrogens (tertiary/aromatic N) is 4. The van der Waals surface area contributed by atoms with Gasteiger partial charge in [-0.3, -0.25) is 4.79 Å². The maximum Gasteiger partial charge on any atom is 0.289 e. The molecule has 1 amide bonds. The summed E-state index contributed by atoms with van der Waals surface area (Å²) in [5, 5.41) is 3.23. The van der Waals surface area contributed by atoms with Crippen molar-refractivity contribution in [2.75, 3.05) is 56.7 Å². The summed E-state index contributed by atoms with van der Waals surface area (Å²) in [6.45, 7) is 5.86. The highest BCUT2D eigenvalue weighted by Crippen LogP contribution is 2.17. The Balaban J connectivity index is 1.61. The maximum absolute atomic E-state index is 12.3. The predicted molar refractivity (Wildman–Crippen MR) is 94.0 cm³/mol. The van der Waals surface area contributed by atoms with E-state index in [1.807, 2.05) is 13.0 Å². The molecule has 0 bridgehead atoms. The Hall–Kier alpha value is -2.61.